The quantitative estimate of drug-likeness (QED) is 0.303. The Kier molecular flexibility index (Phi) is 12.6. The maximum absolute atomic E-state index is 12.4. The number of carbonyl (C=O) groups is 2. The molecule has 1 atom stereocenters. The molecule has 2 fully saturated rings. The first-order chi connectivity index (χ1) is 15.0. The first-order valence-electron chi connectivity index (χ1n) is 12.8. The molecule has 0 aromatic rings. The molecular weight excluding hydrogens is 402 g/mol. The number of hydrogen-bond acceptors (Lipinski definition) is 4. The molecular formula is C27H49NO4. The zero-order valence-electron chi connectivity index (χ0n) is 21.4. The van der Waals surface area contributed by atoms with Gasteiger partial charge in [0.2, 0.25) is 0 Å². The Morgan fingerprint density at radius 3 is 1.81 bits per heavy atom. The minimum absolute atomic E-state index is 0.201. The smallest absolute Gasteiger partial charge is 0.313 e. The van der Waals surface area contributed by atoms with Crippen molar-refractivity contribution < 1.29 is 19.4 Å². The molecule has 5 heteroatoms. The third-order valence-electron chi connectivity index (χ3n) is 6.34. The Balaban J connectivity index is 0.000000339. The van der Waals surface area contributed by atoms with E-state index in [2.05, 4.69) is 11.9 Å². The van der Waals surface area contributed by atoms with Crippen LogP contribution in [0.2, 0.25) is 0 Å². The fraction of sp³-hybridized carbons (Fsp3) is 0.852. The number of aliphatic carboxylic acids is 1. The summed E-state index contributed by atoms with van der Waals surface area (Å²) in [4.78, 5) is 23.5. The van der Waals surface area contributed by atoms with Crippen molar-refractivity contribution in [3.05, 3.63) is 12.7 Å². The molecule has 2 aliphatic carbocycles. The highest BCUT2D eigenvalue weighted by atomic mass is 16.6. The van der Waals surface area contributed by atoms with Gasteiger partial charge in [0.25, 0.3) is 0 Å². The number of carbonyl (C=O) groups excluding carboxylic acids is 1. The molecule has 0 spiro atoms. The molecule has 0 aromatic heterocycles. The topological polar surface area (TPSA) is 75.6 Å². The van der Waals surface area contributed by atoms with Gasteiger partial charge in [0.1, 0.15) is 5.60 Å². The summed E-state index contributed by atoms with van der Waals surface area (Å²) in [6.07, 6.45) is 16.7. The molecule has 0 unspecified atom stereocenters. The van der Waals surface area contributed by atoms with E-state index in [9.17, 15) is 9.59 Å². The highest BCUT2D eigenvalue weighted by molar-refractivity contribution is 5.83. The highest BCUT2D eigenvalue weighted by Gasteiger charge is 2.43. The number of allylic oxidation sites excluding steroid dienone is 1. The summed E-state index contributed by atoms with van der Waals surface area (Å²) in [7, 11) is 0. The summed E-state index contributed by atoms with van der Waals surface area (Å²) in [6.45, 7) is 12.9. The molecule has 0 aromatic carbocycles. The lowest BCUT2D eigenvalue weighted by atomic mass is 9.74. The average molecular weight is 452 g/mol. The monoisotopic (exact) mass is 451 g/mol. The van der Waals surface area contributed by atoms with Crippen molar-refractivity contribution in [2.24, 2.45) is 11.3 Å². The van der Waals surface area contributed by atoms with E-state index < -0.39 is 23.0 Å². The minimum atomic E-state index is -1.02. The molecule has 0 heterocycles. The summed E-state index contributed by atoms with van der Waals surface area (Å²) in [6, 6.07) is 1.74. The molecule has 0 saturated heterocycles. The van der Waals surface area contributed by atoms with Crippen molar-refractivity contribution in [3.63, 3.8) is 0 Å². The Labute approximate surface area is 196 Å². The second kappa shape index (κ2) is 14.0. The van der Waals surface area contributed by atoms with Gasteiger partial charge in [-0.3, -0.25) is 9.59 Å². The normalized spacial score (nSPS) is 20.1. The fourth-order valence-electron chi connectivity index (χ4n) is 5.07. The van der Waals surface area contributed by atoms with Crippen LogP contribution in [-0.2, 0) is 14.3 Å². The van der Waals surface area contributed by atoms with Gasteiger partial charge < -0.3 is 15.2 Å². The standard InChI is InChI=1S/C15H26O4.C12H23N/c1-7-8-15(9-11(2)3,10-12(16)17)13(18)19-14(4,5)6;1-3-7-11(8-4-1)13-12-9-5-2-6-10-12/h7,11H,1,8-10H2,2-6H3,(H,16,17);11-13H,1-10H2/t15-;/m1./s1. The molecule has 0 radical (unpaired) electrons. The highest BCUT2D eigenvalue weighted by Crippen LogP contribution is 2.37. The van der Waals surface area contributed by atoms with Crippen LogP contribution in [0, 0.1) is 11.3 Å². The van der Waals surface area contributed by atoms with Crippen LogP contribution < -0.4 is 5.32 Å². The third-order valence-corrected chi connectivity index (χ3v) is 6.34. The largest absolute Gasteiger partial charge is 0.481 e. The predicted octanol–water partition coefficient (Wildman–Crippen LogP) is 6.65. The van der Waals surface area contributed by atoms with Crippen molar-refractivity contribution in [1.82, 2.24) is 5.32 Å². The van der Waals surface area contributed by atoms with Crippen molar-refractivity contribution in [1.29, 1.82) is 0 Å². The van der Waals surface area contributed by atoms with E-state index in [4.69, 9.17) is 9.84 Å². The van der Waals surface area contributed by atoms with Crippen LogP contribution >= 0.6 is 0 Å². The van der Waals surface area contributed by atoms with Crippen LogP contribution in [0.4, 0.5) is 0 Å². The summed E-state index contributed by atoms with van der Waals surface area (Å²) in [5, 5.41) is 13.0. The fourth-order valence-corrected chi connectivity index (χ4v) is 5.07. The van der Waals surface area contributed by atoms with E-state index >= 15 is 0 Å². The van der Waals surface area contributed by atoms with E-state index in [0.717, 1.165) is 12.1 Å². The number of nitrogens with one attached hydrogen (secondary N) is 1. The van der Waals surface area contributed by atoms with Crippen molar-refractivity contribution >= 4 is 11.9 Å². The van der Waals surface area contributed by atoms with E-state index in [1.165, 1.54) is 64.2 Å². The zero-order valence-corrected chi connectivity index (χ0v) is 21.4. The van der Waals surface area contributed by atoms with E-state index in [0.29, 0.717) is 12.8 Å². The van der Waals surface area contributed by atoms with Crippen LogP contribution in [0.1, 0.15) is 118 Å². The number of ether oxygens (including phenoxy) is 1. The van der Waals surface area contributed by atoms with Gasteiger partial charge in [0.15, 0.2) is 0 Å². The second-order valence-corrected chi connectivity index (χ2v) is 11.3. The van der Waals surface area contributed by atoms with Crippen molar-refractivity contribution in [3.8, 4) is 0 Å². The molecule has 2 rings (SSSR count). The van der Waals surface area contributed by atoms with E-state index in [1.807, 2.05) is 13.8 Å². The van der Waals surface area contributed by atoms with Crippen LogP contribution in [0.5, 0.6) is 0 Å². The van der Waals surface area contributed by atoms with Crippen molar-refractivity contribution in [2.45, 2.75) is 136 Å². The first kappa shape index (κ1) is 28.7. The van der Waals surface area contributed by atoms with Gasteiger partial charge in [-0.1, -0.05) is 58.4 Å². The Hall–Kier alpha value is -1.36. The van der Waals surface area contributed by atoms with E-state index in [1.54, 1.807) is 26.8 Å². The Morgan fingerprint density at radius 2 is 1.47 bits per heavy atom. The van der Waals surface area contributed by atoms with Gasteiger partial charge in [0, 0.05) is 12.1 Å². The minimum Gasteiger partial charge on any atom is -0.481 e. The Bertz CT molecular complexity index is 553. The molecule has 0 amide bonds. The molecule has 2 saturated carbocycles. The lowest BCUT2D eigenvalue weighted by Crippen LogP contribution is -2.40. The van der Waals surface area contributed by atoms with Crippen LogP contribution in [-0.4, -0.2) is 34.7 Å². The van der Waals surface area contributed by atoms with Gasteiger partial charge in [-0.2, -0.15) is 0 Å². The number of esters is 1. The van der Waals surface area contributed by atoms with Gasteiger partial charge in [-0.05, 0) is 65.2 Å². The van der Waals surface area contributed by atoms with Crippen LogP contribution in [0.3, 0.4) is 0 Å². The molecule has 0 aliphatic heterocycles. The summed E-state index contributed by atoms with van der Waals surface area (Å²) >= 11 is 0. The second-order valence-electron chi connectivity index (χ2n) is 11.3. The summed E-state index contributed by atoms with van der Waals surface area (Å²) in [5.41, 5.74) is -1.64. The number of rotatable bonds is 9. The average Bonchev–Trinajstić information content (AvgIpc) is 2.68. The lowest BCUT2D eigenvalue weighted by Gasteiger charge is -2.34. The molecule has 5 nitrogen and oxygen atoms in total. The molecule has 0 bridgehead atoms. The molecule has 2 N–H and O–H groups in total. The molecule has 32 heavy (non-hydrogen) atoms. The van der Waals surface area contributed by atoms with E-state index in [-0.39, 0.29) is 12.3 Å². The van der Waals surface area contributed by atoms with Gasteiger partial charge in [-0.15, -0.1) is 6.58 Å². The lowest BCUT2D eigenvalue weighted by molar-refractivity contribution is -0.172. The number of carboxylic acid groups (broad SMARTS) is 1. The van der Waals surface area contributed by atoms with Crippen LogP contribution in [0.25, 0.3) is 0 Å². The number of carboxylic acids is 1. The molecule has 186 valence electrons. The third kappa shape index (κ3) is 11.5. The SMILES string of the molecule is C1CCC(NC2CCCCC2)CC1.C=CC[C@](CC(=O)O)(CC(C)C)C(=O)OC(C)(C)C. The summed E-state index contributed by atoms with van der Waals surface area (Å²) < 4.78 is 5.41. The van der Waals surface area contributed by atoms with Gasteiger partial charge >= 0.3 is 11.9 Å². The van der Waals surface area contributed by atoms with Gasteiger partial charge in [0.05, 0.1) is 11.8 Å². The van der Waals surface area contributed by atoms with Gasteiger partial charge in [-0.25, -0.2) is 0 Å². The Morgan fingerprint density at radius 1 is 1.00 bits per heavy atom. The maximum Gasteiger partial charge on any atom is 0.313 e. The maximum atomic E-state index is 12.4. The molecule has 2 aliphatic rings. The first-order valence-corrected chi connectivity index (χ1v) is 12.8. The number of hydrogen-bond donors (Lipinski definition) is 2. The van der Waals surface area contributed by atoms with Crippen molar-refractivity contribution in [2.75, 3.05) is 0 Å². The summed E-state index contributed by atoms with van der Waals surface area (Å²) in [5.74, 6) is -1.24. The predicted molar refractivity (Wildman–Crippen MR) is 132 cm³/mol. The van der Waals surface area contributed by atoms with Crippen LogP contribution in [0.15, 0.2) is 12.7 Å². The zero-order chi connectivity index (χ0) is 24.2.